The molecule has 1 aliphatic rings. The molecule has 28 heavy (non-hydrogen) atoms. The van der Waals surface area contributed by atoms with Crippen LogP contribution in [0.15, 0.2) is 78.9 Å². The molecule has 144 valence electrons. The van der Waals surface area contributed by atoms with Crippen molar-refractivity contribution in [2.24, 2.45) is 0 Å². The molecular weight excluding hydrogens is 344 g/mol. The van der Waals surface area contributed by atoms with Crippen molar-refractivity contribution in [3.8, 4) is 11.3 Å². The minimum atomic E-state index is 0.00442. The molecule has 1 amide bonds. The summed E-state index contributed by atoms with van der Waals surface area (Å²) >= 11 is 0. The fourth-order valence-corrected chi connectivity index (χ4v) is 3.46. The Morgan fingerprint density at radius 2 is 2.00 bits per heavy atom. The van der Waals surface area contributed by atoms with E-state index >= 15 is 0 Å². The Hall–Kier alpha value is -3.07. The van der Waals surface area contributed by atoms with Crippen LogP contribution in [0, 0.1) is 0 Å². The normalized spacial score (nSPS) is 14.4. The van der Waals surface area contributed by atoms with Crippen molar-refractivity contribution >= 4 is 12.0 Å². The van der Waals surface area contributed by atoms with Gasteiger partial charge in [-0.25, -0.2) is 0 Å². The highest BCUT2D eigenvalue weighted by atomic mass is 16.2. The molecule has 0 radical (unpaired) electrons. The Labute approximate surface area is 168 Å². The quantitative estimate of drug-likeness (QED) is 0.490. The standard InChI is InChI=1S/C25H28N2O/c1-4-5-15-22(17-18-25(28)26(2)3)27-23-16-11-7-10-14-21(23)19-24(27)20-12-8-6-9-13-20/h4-14,17-19,22H,15-16H2,1-3H3/b5-4-,18-17+. The molecule has 1 heterocycles. The van der Waals surface area contributed by atoms with E-state index in [2.05, 4.69) is 71.4 Å². The van der Waals surface area contributed by atoms with Gasteiger partial charge in [0.1, 0.15) is 0 Å². The van der Waals surface area contributed by atoms with E-state index in [1.807, 2.05) is 19.1 Å². The van der Waals surface area contributed by atoms with Gasteiger partial charge in [-0.05, 0) is 30.5 Å². The zero-order valence-electron chi connectivity index (χ0n) is 16.9. The fourth-order valence-electron chi connectivity index (χ4n) is 3.46. The molecule has 0 aliphatic heterocycles. The van der Waals surface area contributed by atoms with Gasteiger partial charge in [0, 0.05) is 38.0 Å². The lowest BCUT2D eigenvalue weighted by molar-refractivity contribution is -0.123. The van der Waals surface area contributed by atoms with Crippen molar-refractivity contribution in [1.29, 1.82) is 0 Å². The smallest absolute Gasteiger partial charge is 0.245 e. The zero-order valence-corrected chi connectivity index (χ0v) is 16.9. The van der Waals surface area contributed by atoms with Crippen LogP contribution in [0.4, 0.5) is 0 Å². The summed E-state index contributed by atoms with van der Waals surface area (Å²) in [6.45, 7) is 2.03. The molecule has 1 aliphatic carbocycles. The second-order valence-corrected chi connectivity index (χ2v) is 7.12. The average Bonchev–Trinajstić information content (AvgIpc) is 2.90. The number of carbonyl (C=O) groups is 1. The average molecular weight is 373 g/mol. The topological polar surface area (TPSA) is 25.2 Å². The van der Waals surface area contributed by atoms with Crippen molar-refractivity contribution < 1.29 is 4.79 Å². The molecule has 3 heteroatoms. The maximum Gasteiger partial charge on any atom is 0.245 e. The van der Waals surface area contributed by atoms with Crippen LogP contribution in [-0.2, 0) is 11.2 Å². The predicted molar refractivity (Wildman–Crippen MR) is 118 cm³/mol. The summed E-state index contributed by atoms with van der Waals surface area (Å²) in [5.41, 5.74) is 4.88. The Bertz CT molecular complexity index is 927. The van der Waals surface area contributed by atoms with Crippen LogP contribution < -0.4 is 0 Å². The van der Waals surface area contributed by atoms with Crippen LogP contribution >= 0.6 is 0 Å². The molecule has 0 N–H and O–H groups in total. The Morgan fingerprint density at radius 3 is 2.71 bits per heavy atom. The van der Waals surface area contributed by atoms with E-state index in [9.17, 15) is 4.79 Å². The first-order valence-electron chi connectivity index (χ1n) is 9.75. The van der Waals surface area contributed by atoms with Gasteiger partial charge >= 0.3 is 0 Å². The SMILES string of the molecule is C/C=C\CC(/C=C/C(=O)N(C)C)n1c(-c2ccccc2)cc2c1CC=CC=C2. The number of aromatic nitrogens is 1. The second-order valence-electron chi connectivity index (χ2n) is 7.12. The monoisotopic (exact) mass is 372 g/mol. The molecular formula is C25H28N2O. The van der Waals surface area contributed by atoms with Crippen LogP contribution in [0.1, 0.15) is 30.6 Å². The molecule has 2 aromatic rings. The van der Waals surface area contributed by atoms with Gasteiger partial charge in [0.15, 0.2) is 0 Å². The molecule has 1 aromatic heterocycles. The molecule has 0 saturated heterocycles. The number of rotatable bonds is 6. The molecule has 0 spiro atoms. The lowest BCUT2D eigenvalue weighted by Gasteiger charge is -2.21. The van der Waals surface area contributed by atoms with E-state index in [1.165, 1.54) is 22.5 Å². The third-order valence-electron chi connectivity index (χ3n) is 4.93. The lowest BCUT2D eigenvalue weighted by Crippen LogP contribution is -2.19. The summed E-state index contributed by atoms with van der Waals surface area (Å²) < 4.78 is 2.39. The zero-order chi connectivity index (χ0) is 19.9. The number of likely N-dealkylation sites (N-methyl/N-ethyl adjacent to an activating group) is 1. The number of hydrogen-bond donors (Lipinski definition) is 0. The largest absolute Gasteiger partial charge is 0.345 e. The van der Waals surface area contributed by atoms with Crippen molar-refractivity contribution in [2.45, 2.75) is 25.8 Å². The first-order valence-corrected chi connectivity index (χ1v) is 9.75. The van der Waals surface area contributed by atoms with Gasteiger partial charge in [-0.2, -0.15) is 0 Å². The van der Waals surface area contributed by atoms with Gasteiger partial charge in [0.05, 0.1) is 6.04 Å². The first kappa shape index (κ1) is 19.7. The number of hydrogen-bond acceptors (Lipinski definition) is 1. The molecule has 0 saturated carbocycles. The minimum absolute atomic E-state index is 0.00442. The Balaban J connectivity index is 2.14. The lowest BCUT2D eigenvalue weighted by atomic mass is 10.1. The van der Waals surface area contributed by atoms with E-state index in [0.29, 0.717) is 0 Å². The predicted octanol–water partition coefficient (Wildman–Crippen LogP) is 5.43. The van der Waals surface area contributed by atoms with Gasteiger partial charge in [-0.1, -0.05) is 72.9 Å². The molecule has 0 fully saturated rings. The molecule has 0 bridgehead atoms. The summed E-state index contributed by atoms with van der Waals surface area (Å²) in [6.07, 6.45) is 18.2. The van der Waals surface area contributed by atoms with E-state index in [1.54, 1.807) is 25.1 Å². The van der Waals surface area contributed by atoms with Crippen molar-refractivity contribution in [3.05, 3.63) is 90.2 Å². The van der Waals surface area contributed by atoms with Crippen molar-refractivity contribution in [3.63, 3.8) is 0 Å². The van der Waals surface area contributed by atoms with Gasteiger partial charge in [-0.3, -0.25) is 4.79 Å². The van der Waals surface area contributed by atoms with Crippen LogP contribution in [-0.4, -0.2) is 29.5 Å². The van der Waals surface area contributed by atoms with Gasteiger partial charge < -0.3 is 9.47 Å². The number of nitrogens with zero attached hydrogens (tertiary/aromatic N) is 2. The summed E-state index contributed by atoms with van der Waals surface area (Å²) in [7, 11) is 3.56. The molecule has 1 aromatic carbocycles. The summed E-state index contributed by atoms with van der Waals surface area (Å²) in [4.78, 5) is 13.8. The third-order valence-corrected chi connectivity index (χ3v) is 4.93. The number of benzene rings is 1. The number of fused-ring (bicyclic) bond motifs is 1. The summed E-state index contributed by atoms with van der Waals surface area (Å²) in [5, 5.41) is 0. The maximum absolute atomic E-state index is 12.2. The van der Waals surface area contributed by atoms with Gasteiger partial charge in [-0.15, -0.1) is 0 Å². The van der Waals surface area contributed by atoms with Crippen LogP contribution in [0.25, 0.3) is 17.3 Å². The Morgan fingerprint density at radius 1 is 1.21 bits per heavy atom. The number of amides is 1. The van der Waals surface area contributed by atoms with Crippen molar-refractivity contribution in [2.75, 3.05) is 14.1 Å². The summed E-state index contributed by atoms with van der Waals surface area (Å²) in [6, 6.07) is 12.8. The van der Waals surface area contributed by atoms with Crippen molar-refractivity contribution in [1.82, 2.24) is 9.47 Å². The van der Waals surface area contributed by atoms with Gasteiger partial charge in [0.2, 0.25) is 5.91 Å². The highest BCUT2D eigenvalue weighted by Crippen LogP contribution is 2.33. The van der Waals surface area contributed by atoms with E-state index in [-0.39, 0.29) is 11.9 Å². The summed E-state index contributed by atoms with van der Waals surface area (Å²) in [5.74, 6) is 0.00442. The Kier molecular flexibility index (Phi) is 6.49. The maximum atomic E-state index is 12.2. The van der Waals surface area contributed by atoms with Gasteiger partial charge in [0.25, 0.3) is 0 Å². The molecule has 3 nitrogen and oxygen atoms in total. The highest BCUT2D eigenvalue weighted by molar-refractivity contribution is 5.87. The van der Waals surface area contributed by atoms with Crippen LogP contribution in [0.3, 0.4) is 0 Å². The van der Waals surface area contributed by atoms with E-state index in [4.69, 9.17) is 0 Å². The second kappa shape index (κ2) is 9.23. The number of allylic oxidation sites excluding steroid dienone is 6. The van der Waals surface area contributed by atoms with Crippen LogP contribution in [0.5, 0.6) is 0 Å². The van der Waals surface area contributed by atoms with E-state index < -0.39 is 0 Å². The first-order chi connectivity index (χ1) is 13.6. The number of carbonyl (C=O) groups excluding carboxylic acids is 1. The third kappa shape index (κ3) is 4.42. The molecule has 1 unspecified atom stereocenters. The molecule has 3 rings (SSSR count). The molecule has 1 atom stereocenters. The van der Waals surface area contributed by atoms with E-state index in [0.717, 1.165) is 12.8 Å². The fraction of sp³-hybridized carbons (Fsp3) is 0.240. The minimum Gasteiger partial charge on any atom is -0.345 e. The van der Waals surface area contributed by atoms with Crippen LogP contribution in [0.2, 0.25) is 0 Å². The highest BCUT2D eigenvalue weighted by Gasteiger charge is 2.20.